The van der Waals surface area contributed by atoms with Gasteiger partial charge < -0.3 is 14.9 Å². The molecule has 5 atom stereocenters. The van der Waals surface area contributed by atoms with Gasteiger partial charge in [0.05, 0.1) is 6.10 Å². The molecule has 4 aliphatic rings. The van der Waals surface area contributed by atoms with Crippen LogP contribution in [0.3, 0.4) is 0 Å². The zero-order chi connectivity index (χ0) is 25.7. The molecule has 0 aromatic rings. The maximum Gasteiger partial charge on any atom is 0.222 e. The Labute approximate surface area is 217 Å². The Hall–Kier alpha value is -1.95. The maximum atomic E-state index is 12.6. The normalized spacial score (nSPS) is 33.5. The molecule has 6 heteroatoms. The number of hydrogen-bond acceptors (Lipinski definition) is 4. The van der Waals surface area contributed by atoms with Crippen molar-refractivity contribution in [3.63, 3.8) is 0 Å². The molecule has 0 radical (unpaired) electrons. The lowest BCUT2D eigenvalue weighted by molar-refractivity contribution is -0.135. The average molecular weight is 499 g/mol. The predicted molar refractivity (Wildman–Crippen MR) is 141 cm³/mol. The molecule has 0 spiro atoms. The van der Waals surface area contributed by atoms with Crippen LogP contribution in [0.25, 0.3) is 0 Å². The molecule has 1 heterocycles. The molecule has 3 aliphatic carbocycles. The van der Waals surface area contributed by atoms with Crippen LogP contribution in [0, 0.1) is 23.2 Å². The summed E-state index contributed by atoms with van der Waals surface area (Å²) >= 11 is 0. The van der Waals surface area contributed by atoms with Crippen molar-refractivity contribution in [1.29, 1.82) is 0 Å². The summed E-state index contributed by atoms with van der Waals surface area (Å²) in [6.45, 7) is 7.13. The molecule has 1 N–H and O–H groups in total. The van der Waals surface area contributed by atoms with Crippen molar-refractivity contribution < 1.29 is 19.5 Å². The first-order chi connectivity index (χ1) is 17.4. The van der Waals surface area contributed by atoms with Crippen molar-refractivity contribution in [1.82, 2.24) is 9.80 Å². The van der Waals surface area contributed by atoms with E-state index in [-0.39, 0.29) is 17.4 Å². The molecule has 4 rings (SSSR count). The summed E-state index contributed by atoms with van der Waals surface area (Å²) < 4.78 is 0. The van der Waals surface area contributed by atoms with Crippen LogP contribution in [0.2, 0.25) is 0 Å². The van der Waals surface area contributed by atoms with Gasteiger partial charge in [0.15, 0.2) is 0 Å². The van der Waals surface area contributed by atoms with Crippen LogP contribution in [-0.4, -0.2) is 65.8 Å². The highest BCUT2D eigenvalue weighted by Gasteiger charge is 2.55. The molecular formula is C30H46N2O4. The second-order valence-corrected chi connectivity index (χ2v) is 11.9. The fourth-order valence-corrected chi connectivity index (χ4v) is 7.98. The standard InChI is InChI=1S/C30H46N2O4/c1-3-7-24-22(14-19-33)10-11-25-26-12-13-27(35)30(26,2)20-23(29(24)25)8-5-4-6-9-28(36)32-17-15-31(21-34)16-18-32/h14,19,21,23,25-27,35H,3-13,15-18,20H2,1-2H3/b22-14-. The zero-order valence-corrected chi connectivity index (χ0v) is 22.4. The lowest BCUT2D eigenvalue weighted by Gasteiger charge is -2.51. The summed E-state index contributed by atoms with van der Waals surface area (Å²) in [5, 5.41) is 11.0. The highest BCUT2D eigenvalue weighted by Crippen LogP contribution is 2.62. The van der Waals surface area contributed by atoms with Crippen molar-refractivity contribution in [2.24, 2.45) is 23.2 Å². The number of rotatable bonds is 10. The van der Waals surface area contributed by atoms with Crippen molar-refractivity contribution >= 4 is 18.6 Å². The van der Waals surface area contributed by atoms with Gasteiger partial charge in [-0.1, -0.05) is 38.7 Å². The summed E-state index contributed by atoms with van der Waals surface area (Å²) in [6.07, 6.45) is 15.5. The Morgan fingerprint density at radius 2 is 1.86 bits per heavy atom. The Balaban J connectivity index is 1.40. The van der Waals surface area contributed by atoms with Gasteiger partial charge in [-0.2, -0.15) is 0 Å². The van der Waals surface area contributed by atoms with Crippen LogP contribution in [0.1, 0.15) is 90.9 Å². The third-order valence-electron chi connectivity index (χ3n) is 9.86. The lowest BCUT2D eigenvalue weighted by atomic mass is 9.54. The number of fused-ring (bicyclic) bond motifs is 3. The van der Waals surface area contributed by atoms with Gasteiger partial charge in [-0.3, -0.25) is 14.4 Å². The quantitative estimate of drug-likeness (QED) is 0.270. The predicted octanol–water partition coefficient (Wildman–Crippen LogP) is 4.67. The minimum atomic E-state index is -0.203. The Kier molecular flexibility index (Phi) is 9.08. The van der Waals surface area contributed by atoms with Crippen molar-refractivity contribution in [2.75, 3.05) is 26.2 Å². The van der Waals surface area contributed by atoms with E-state index >= 15 is 0 Å². The van der Waals surface area contributed by atoms with Crippen LogP contribution >= 0.6 is 0 Å². The molecule has 0 bridgehead atoms. The highest BCUT2D eigenvalue weighted by molar-refractivity contribution is 5.76. The number of unbranched alkanes of at least 4 members (excludes halogenated alkanes) is 2. The largest absolute Gasteiger partial charge is 0.393 e. The number of aldehydes is 1. The van der Waals surface area contributed by atoms with Gasteiger partial charge >= 0.3 is 0 Å². The van der Waals surface area contributed by atoms with Crippen molar-refractivity contribution in [2.45, 2.75) is 97.0 Å². The van der Waals surface area contributed by atoms with Crippen LogP contribution in [0.5, 0.6) is 0 Å². The Bertz CT molecular complexity index is 872. The first-order valence-electron chi connectivity index (χ1n) is 14.5. The molecular weight excluding hydrogens is 452 g/mol. The SMILES string of the molecule is CCCC1=C2C(CCCCCC(=O)N3CCN(C=O)CC3)CC3(C)C(O)CCC3C2CC/C1=C/C=O. The zero-order valence-electron chi connectivity index (χ0n) is 22.4. The molecule has 2 amide bonds. The number of carbonyl (C=O) groups is 3. The monoisotopic (exact) mass is 498 g/mol. The second kappa shape index (κ2) is 12.1. The minimum absolute atomic E-state index is 0.00165. The molecule has 1 saturated heterocycles. The van der Waals surface area contributed by atoms with E-state index in [0.29, 0.717) is 50.4 Å². The average Bonchev–Trinajstić information content (AvgIpc) is 3.19. The number of hydrogen-bond donors (Lipinski definition) is 1. The molecule has 3 fully saturated rings. The molecule has 200 valence electrons. The summed E-state index contributed by atoms with van der Waals surface area (Å²) in [5.41, 5.74) is 4.34. The van der Waals surface area contributed by atoms with E-state index in [4.69, 9.17) is 0 Å². The van der Waals surface area contributed by atoms with Gasteiger partial charge in [0.2, 0.25) is 12.3 Å². The smallest absolute Gasteiger partial charge is 0.222 e. The van der Waals surface area contributed by atoms with E-state index in [0.717, 1.165) is 83.3 Å². The van der Waals surface area contributed by atoms with E-state index in [1.807, 2.05) is 11.0 Å². The van der Waals surface area contributed by atoms with Gasteiger partial charge in [-0.15, -0.1) is 0 Å². The summed E-state index contributed by atoms with van der Waals surface area (Å²) in [4.78, 5) is 38.5. The first kappa shape index (κ1) is 27.1. The lowest BCUT2D eigenvalue weighted by Crippen LogP contribution is -2.48. The van der Waals surface area contributed by atoms with E-state index < -0.39 is 0 Å². The second-order valence-electron chi connectivity index (χ2n) is 11.9. The molecule has 2 saturated carbocycles. The van der Waals surface area contributed by atoms with Gasteiger partial charge in [0, 0.05) is 32.6 Å². The summed E-state index contributed by atoms with van der Waals surface area (Å²) in [7, 11) is 0. The van der Waals surface area contributed by atoms with Gasteiger partial charge in [0.25, 0.3) is 0 Å². The van der Waals surface area contributed by atoms with Crippen molar-refractivity contribution in [3.05, 3.63) is 22.8 Å². The minimum Gasteiger partial charge on any atom is -0.393 e. The molecule has 0 aromatic heterocycles. The number of allylic oxidation sites excluding steroid dienone is 4. The molecule has 5 unspecified atom stereocenters. The maximum absolute atomic E-state index is 12.6. The van der Waals surface area contributed by atoms with E-state index in [2.05, 4.69) is 13.8 Å². The number of amides is 2. The van der Waals surface area contributed by atoms with Gasteiger partial charge in [-0.25, -0.2) is 0 Å². The van der Waals surface area contributed by atoms with Gasteiger partial charge in [0.1, 0.15) is 6.29 Å². The number of piperazine rings is 1. The Morgan fingerprint density at radius 3 is 2.56 bits per heavy atom. The summed E-state index contributed by atoms with van der Waals surface area (Å²) in [6, 6.07) is 0. The highest BCUT2D eigenvalue weighted by atomic mass is 16.3. The van der Waals surface area contributed by atoms with E-state index in [9.17, 15) is 19.5 Å². The van der Waals surface area contributed by atoms with Crippen LogP contribution < -0.4 is 0 Å². The molecule has 0 aromatic carbocycles. The number of carbonyl (C=O) groups excluding carboxylic acids is 3. The van der Waals surface area contributed by atoms with Crippen LogP contribution in [0.15, 0.2) is 22.8 Å². The first-order valence-corrected chi connectivity index (χ1v) is 14.5. The van der Waals surface area contributed by atoms with Gasteiger partial charge in [-0.05, 0) is 91.8 Å². The Morgan fingerprint density at radius 1 is 1.08 bits per heavy atom. The number of aliphatic hydroxyl groups excluding tert-OH is 1. The molecule has 36 heavy (non-hydrogen) atoms. The fraction of sp³-hybridized carbons (Fsp3) is 0.767. The van der Waals surface area contributed by atoms with E-state index in [1.165, 1.54) is 11.1 Å². The molecule has 6 nitrogen and oxygen atoms in total. The third kappa shape index (κ3) is 5.49. The fourth-order valence-electron chi connectivity index (χ4n) is 7.98. The third-order valence-corrected chi connectivity index (χ3v) is 9.86. The van der Waals surface area contributed by atoms with E-state index in [1.54, 1.807) is 10.5 Å². The summed E-state index contributed by atoms with van der Waals surface area (Å²) in [5.74, 6) is 1.78. The number of nitrogens with zero attached hydrogens (tertiary/aromatic N) is 2. The molecule has 1 aliphatic heterocycles. The van der Waals surface area contributed by atoms with Crippen LogP contribution in [0.4, 0.5) is 0 Å². The topological polar surface area (TPSA) is 77.9 Å². The number of aliphatic hydroxyl groups is 1. The van der Waals surface area contributed by atoms with Crippen molar-refractivity contribution in [3.8, 4) is 0 Å². The van der Waals surface area contributed by atoms with Crippen LogP contribution in [-0.2, 0) is 14.4 Å².